The van der Waals surface area contributed by atoms with Crippen LogP contribution in [-0.2, 0) is 8.85 Å². The molecule has 3 aliphatic rings. The van der Waals surface area contributed by atoms with Crippen molar-refractivity contribution in [2.45, 2.75) is 156 Å². The molecule has 0 aliphatic heterocycles. The molecule has 5 atom stereocenters. The summed E-state index contributed by atoms with van der Waals surface area (Å²) in [4.78, 5) is 0. The van der Waals surface area contributed by atoms with E-state index in [1.807, 2.05) is 0 Å². The van der Waals surface area contributed by atoms with Gasteiger partial charge in [-0.15, -0.1) is 0 Å². The summed E-state index contributed by atoms with van der Waals surface area (Å²) in [6, 6.07) is 0. The van der Waals surface area contributed by atoms with E-state index in [9.17, 15) is 0 Å². The first-order chi connectivity index (χ1) is 17.2. The topological polar surface area (TPSA) is 18.5 Å². The van der Waals surface area contributed by atoms with Gasteiger partial charge in [0, 0.05) is 0 Å². The molecule has 0 aromatic rings. The maximum Gasteiger partial charge on any atom is 0.192 e. The van der Waals surface area contributed by atoms with Crippen molar-refractivity contribution < 1.29 is 8.85 Å². The molecule has 2 nitrogen and oxygen atoms in total. The molecular weight excluding hydrogens is 497 g/mol. The second kappa shape index (κ2) is 11.1. The van der Waals surface area contributed by atoms with Gasteiger partial charge in [0.15, 0.2) is 16.6 Å². The quantitative estimate of drug-likeness (QED) is 0.238. The second-order valence-corrected chi connectivity index (χ2v) is 26.1. The van der Waals surface area contributed by atoms with Crippen LogP contribution in [0.4, 0.5) is 0 Å². The van der Waals surface area contributed by atoms with Crippen LogP contribution in [0.3, 0.4) is 0 Å². The van der Waals surface area contributed by atoms with Gasteiger partial charge in [0.05, 0.1) is 12.2 Å². The fourth-order valence-electron chi connectivity index (χ4n) is 7.06. The van der Waals surface area contributed by atoms with Crippen LogP contribution < -0.4 is 0 Å². The van der Waals surface area contributed by atoms with Gasteiger partial charge in [-0.2, -0.15) is 0 Å². The third-order valence-corrected chi connectivity index (χ3v) is 20.6. The number of fused-ring (bicyclic) bond motifs is 1. The average molecular weight is 559 g/mol. The van der Waals surface area contributed by atoms with Gasteiger partial charge in [0.2, 0.25) is 0 Å². The molecule has 0 amide bonds. The highest BCUT2D eigenvalue weighted by Gasteiger charge is 2.50. The molecule has 3 rings (SSSR count). The predicted molar refractivity (Wildman–Crippen MR) is 172 cm³/mol. The Morgan fingerprint density at radius 1 is 0.868 bits per heavy atom. The van der Waals surface area contributed by atoms with E-state index in [1.165, 1.54) is 43.3 Å². The maximum absolute atomic E-state index is 7.05. The van der Waals surface area contributed by atoms with Crippen molar-refractivity contribution in [2.24, 2.45) is 23.2 Å². The lowest BCUT2D eigenvalue weighted by Crippen LogP contribution is -2.49. The van der Waals surface area contributed by atoms with Crippen molar-refractivity contribution >= 4 is 16.6 Å². The zero-order valence-electron chi connectivity index (χ0n) is 27.5. The van der Waals surface area contributed by atoms with E-state index in [1.54, 1.807) is 5.57 Å². The number of hydrogen-bond donors (Lipinski definition) is 0. The summed E-state index contributed by atoms with van der Waals surface area (Å²) in [7, 11) is -3.88. The van der Waals surface area contributed by atoms with Crippen molar-refractivity contribution in [3.63, 3.8) is 0 Å². The summed E-state index contributed by atoms with van der Waals surface area (Å²) in [6.07, 6.45) is 13.9. The van der Waals surface area contributed by atoms with E-state index >= 15 is 0 Å². The van der Waals surface area contributed by atoms with Crippen LogP contribution in [-0.4, -0.2) is 28.8 Å². The summed E-state index contributed by atoms with van der Waals surface area (Å²) in [5, 5.41) is 0.350. The Labute approximate surface area is 239 Å². The Hall–Kier alpha value is -0.426. The minimum atomic E-state index is -1.94. The number of rotatable bonds is 6. The van der Waals surface area contributed by atoms with E-state index in [2.05, 4.69) is 107 Å². The Morgan fingerprint density at radius 3 is 1.82 bits per heavy atom. The normalized spacial score (nSPS) is 32.7. The van der Waals surface area contributed by atoms with Gasteiger partial charge < -0.3 is 8.85 Å². The van der Waals surface area contributed by atoms with E-state index in [0.29, 0.717) is 5.41 Å². The van der Waals surface area contributed by atoms with Gasteiger partial charge >= 0.3 is 0 Å². The minimum absolute atomic E-state index is 0.0532. The van der Waals surface area contributed by atoms with Crippen LogP contribution in [0.15, 0.2) is 35.5 Å². The van der Waals surface area contributed by atoms with Gasteiger partial charge in [-0.05, 0) is 110 Å². The van der Waals surface area contributed by atoms with Crippen molar-refractivity contribution in [1.82, 2.24) is 0 Å². The zero-order chi connectivity index (χ0) is 28.9. The lowest BCUT2D eigenvalue weighted by Gasteiger charge is -2.46. The van der Waals surface area contributed by atoms with E-state index in [-0.39, 0.29) is 22.3 Å². The molecule has 0 spiro atoms. The Morgan fingerprint density at radius 2 is 1.37 bits per heavy atom. The molecule has 0 saturated heterocycles. The van der Waals surface area contributed by atoms with E-state index in [4.69, 9.17) is 8.85 Å². The van der Waals surface area contributed by atoms with Crippen LogP contribution in [0.5, 0.6) is 0 Å². The largest absolute Gasteiger partial charge is 0.410 e. The Bertz CT molecular complexity index is 885. The molecule has 218 valence electrons. The van der Waals surface area contributed by atoms with Crippen LogP contribution in [0.25, 0.3) is 0 Å². The van der Waals surface area contributed by atoms with Crippen molar-refractivity contribution in [1.29, 1.82) is 0 Å². The highest BCUT2D eigenvalue weighted by Crippen LogP contribution is 2.59. The number of allylic oxidation sites excluding steroid dienone is 3. The summed E-state index contributed by atoms with van der Waals surface area (Å²) in [6.45, 7) is 35.6. The van der Waals surface area contributed by atoms with E-state index in [0.717, 1.165) is 30.6 Å². The van der Waals surface area contributed by atoms with Gasteiger partial charge in [-0.1, -0.05) is 92.2 Å². The molecule has 0 N–H and O–H groups in total. The molecule has 4 heteroatoms. The van der Waals surface area contributed by atoms with Gasteiger partial charge in [-0.3, -0.25) is 0 Å². The summed E-state index contributed by atoms with van der Waals surface area (Å²) < 4.78 is 14.1. The van der Waals surface area contributed by atoms with Gasteiger partial charge in [0.1, 0.15) is 0 Å². The Balaban J connectivity index is 1.92. The molecular formula is C34H62O2Si2. The molecule has 2 unspecified atom stereocenters. The smallest absolute Gasteiger partial charge is 0.192 e. The van der Waals surface area contributed by atoms with Crippen molar-refractivity contribution in [3.05, 3.63) is 35.5 Å². The molecule has 3 saturated carbocycles. The fraction of sp³-hybridized carbons (Fsp3) is 0.824. The standard InChI is InChI=1S/C34H62O2Si2/c1-24(2)28-19-20-29-27(16-15-21-34(28,29)10)18-17-26-22-30(35-37(11,12)32(4,5)6)25(3)31(23-26)36-38(13,14)33(7,8)9/h17-18,24,28-31H,3,15-16,19-23H2,1-2,4-14H3/t28?,29?,30-,31-,34-/m1/s1. The maximum atomic E-state index is 7.05. The Kier molecular flexibility index (Phi) is 9.37. The zero-order valence-corrected chi connectivity index (χ0v) is 29.5. The summed E-state index contributed by atoms with van der Waals surface area (Å²) in [5.41, 5.74) is 4.86. The summed E-state index contributed by atoms with van der Waals surface area (Å²) >= 11 is 0. The first-order valence-electron chi connectivity index (χ1n) is 15.6. The molecule has 0 bridgehead atoms. The first kappa shape index (κ1) is 32.1. The third kappa shape index (κ3) is 6.55. The lowest BCUT2D eigenvalue weighted by molar-refractivity contribution is 0.104. The molecule has 3 aliphatic carbocycles. The second-order valence-electron chi connectivity index (χ2n) is 16.6. The van der Waals surface area contributed by atoms with Crippen LogP contribution in [0, 0.1) is 23.2 Å². The van der Waals surface area contributed by atoms with Crippen molar-refractivity contribution in [3.8, 4) is 0 Å². The third-order valence-electron chi connectivity index (χ3n) is 11.6. The SMILES string of the molecule is C=C1[C@H](O[Si](C)(C)C(C)(C)C)CC(=CC=C2CCC[C@@]3(C)C2CCC3C(C)C)C[C@H]1O[Si](C)(C)C(C)(C)C. The molecule has 38 heavy (non-hydrogen) atoms. The van der Waals surface area contributed by atoms with Gasteiger partial charge in [0.25, 0.3) is 0 Å². The highest BCUT2D eigenvalue weighted by atomic mass is 28.4. The molecule has 0 radical (unpaired) electrons. The van der Waals surface area contributed by atoms with E-state index < -0.39 is 16.6 Å². The molecule has 0 heterocycles. The van der Waals surface area contributed by atoms with Gasteiger partial charge in [-0.25, -0.2) is 0 Å². The van der Waals surface area contributed by atoms with Crippen molar-refractivity contribution in [2.75, 3.05) is 0 Å². The van der Waals surface area contributed by atoms with Crippen LogP contribution >= 0.6 is 0 Å². The van der Waals surface area contributed by atoms with Crippen LogP contribution in [0.2, 0.25) is 36.3 Å². The molecule has 3 fully saturated rings. The number of hydrogen-bond acceptors (Lipinski definition) is 2. The predicted octanol–water partition coefficient (Wildman–Crippen LogP) is 10.8. The minimum Gasteiger partial charge on any atom is -0.410 e. The molecule has 0 aromatic heterocycles. The lowest BCUT2D eigenvalue weighted by atomic mass is 9.61. The fourth-order valence-corrected chi connectivity index (χ4v) is 9.66. The average Bonchev–Trinajstić information content (AvgIpc) is 3.11. The summed E-state index contributed by atoms with van der Waals surface area (Å²) in [5.74, 6) is 2.41. The monoisotopic (exact) mass is 558 g/mol. The van der Waals surface area contributed by atoms with Crippen LogP contribution in [0.1, 0.15) is 107 Å². The highest BCUT2D eigenvalue weighted by molar-refractivity contribution is 6.74. The first-order valence-corrected chi connectivity index (χ1v) is 21.4. The molecule has 0 aromatic carbocycles.